The summed E-state index contributed by atoms with van der Waals surface area (Å²) in [6, 6.07) is 8.78. The smallest absolute Gasteiger partial charge is 0.308 e. The summed E-state index contributed by atoms with van der Waals surface area (Å²) < 4.78 is 0. The third-order valence-electron chi connectivity index (χ3n) is 4.25. The van der Waals surface area contributed by atoms with Gasteiger partial charge in [0, 0.05) is 18.7 Å². The number of aromatic nitrogens is 4. The van der Waals surface area contributed by atoms with E-state index in [2.05, 4.69) is 15.4 Å². The fraction of sp³-hybridized carbons (Fsp3) is 0.438. The molecule has 1 amide bonds. The molecular weight excluding hydrogens is 310 g/mol. The Morgan fingerprint density at radius 2 is 2.04 bits per heavy atom. The molecule has 1 unspecified atom stereocenters. The van der Waals surface area contributed by atoms with Crippen molar-refractivity contribution in [3.63, 3.8) is 0 Å². The average Bonchev–Trinajstić information content (AvgIpc) is 3.11. The summed E-state index contributed by atoms with van der Waals surface area (Å²) in [5.74, 6) is -1.08. The number of benzene rings is 1. The Kier molecular flexibility index (Phi) is 4.54. The molecule has 1 aromatic carbocycles. The predicted octanol–water partition coefficient (Wildman–Crippen LogP) is 1.22. The maximum atomic E-state index is 12.6. The molecule has 1 aromatic heterocycles. The lowest BCUT2D eigenvalue weighted by molar-refractivity contribution is -0.146. The molecule has 8 heteroatoms. The van der Waals surface area contributed by atoms with Crippen LogP contribution in [0.2, 0.25) is 0 Å². The topological polar surface area (TPSA) is 101 Å². The molecule has 126 valence electrons. The number of piperidine rings is 1. The first-order valence-corrected chi connectivity index (χ1v) is 7.93. The van der Waals surface area contributed by atoms with Crippen LogP contribution >= 0.6 is 0 Å². The van der Waals surface area contributed by atoms with Crippen LogP contribution in [0.15, 0.2) is 30.3 Å². The molecule has 0 bridgehead atoms. The van der Waals surface area contributed by atoms with Crippen molar-refractivity contribution in [2.45, 2.75) is 25.8 Å². The molecule has 0 spiro atoms. The number of amides is 1. The van der Waals surface area contributed by atoms with Crippen LogP contribution in [-0.4, -0.2) is 55.2 Å². The van der Waals surface area contributed by atoms with E-state index in [-0.39, 0.29) is 12.5 Å². The van der Waals surface area contributed by atoms with Crippen LogP contribution < -0.4 is 0 Å². The van der Waals surface area contributed by atoms with Gasteiger partial charge in [0.1, 0.15) is 6.04 Å². The minimum atomic E-state index is -0.856. The van der Waals surface area contributed by atoms with Crippen LogP contribution in [0.3, 0.4) is 0 Å². The molecule has 2 aromatic rings. The van der Waals surface area contributed by atoms with Gasteiger partial charge < -0.3 is 10.0 Å². The number of nitrogens with zero attached hydrogens (tertiary/aromatic N) is 5. The van der Waals surface area contributed by atoms with Crippen molar-refractivity contribution in [2.24, 2.45) is 5.92 Å². The summed E-state index contributed by atoms with van der Waals surface area (Å²) in [7, 11) is 0. The summed E-state index contributed by atoms with van der Waals surface area (Å²) >= 11 is 0. The van der Waals surface area contributed by atoms with E-state index in [1.165, 1.54) is 4.80 Å². The number of carboxylic acid groups (broad SMARTS) is 1. The van der Waals surface area contributed by atoms with Crippen molar-refractivity contribution in [2.75, 3.05) is 13.1 Å². The van der Waals surface area contributed by atoms with E-state index in [4.69, 9.17) is 5.11 Å². The Bertz CT molecular complexity index is 730. The van der Waals surface area contributed by atoms with Crippen molar-refractivity contribution in [1.29, 1.82) is 0 Å². The summed E-state index contributed by atoms with van der Waals surface area (Å²) in [6.45, 7) is 2.50. The monoisotopic (exact) mass is 329 g/mol. The molecule has 24 heavy (non-hydrogen) atoms. The van der Waals surface area contributed by atoms with Crippen LogP contribution in [-0.2, 0) is 9.59 Å². The zero-order valence-corrected chi connectivity index (χ0v) is 13.4. The van der Waals surface area contributed by atoms with Crippen molar-refractivity contribution in [1.82, 2.24) is 25.1 Å². The van der Waals surface area contributed by atoms with Crippen molar-refractivity contribution in [3.05, 3.63) is 30.3 Å². The van der Waals surface area contributed by atoms with Crippen LogP contribution in [0.25, 0.3) is 11.4 Å². The minimum Gasteiger partial charge on any atom is -0.481 e. The van der Waals surface area contributed by atoms with E-state index < -0.39 is 17.9 Å². The molecule has 2 atom stereocenters. The van der Waals surface area contributed by atoms with Gasteiger partial charge in [0.05, 0.1) is 5.92 Å². The number of rotatable bonds is 4. The number of tetrazole rings is 1. The molecule has 1 aliphatic rings. The summed E-state index contributed by atoms with van der Waals surface area (Å²) in [6.07, 6.45) is 1.29. The highest BCUT2D eigenvalue weighted by molar-refractivity contribution is 5.81. The molecule has 1 N–H and O–H groups in total. The molecule has 0 radical (unpaired) electrons. The van der Waals surface area contributed by atoms with Crippen molar-refractivity contribution in [3.8, 4) is 11.4 Å². The second-order valence-corrected chi connectivity index (χ2v) is 5.94. The van der Waals surface area contributed by atoms with Crippen LogP contribution in [0.1, 0.15) is 25.8 Å². The third-order valence-corrected chi connectivity index (χ3v) is 4.25. The quantitative estimate of drug-likeness (QED) is 0.905. The highest BCUT2D eigenvalue weighted by Gasteiger charge is 2.31. The number of carboxylic acids is 1. The van der Waals surface area contributed by atoms with E-state index in [1.807, 2.05) is 30.3 Å². The molecule has 8 nitrogen and oxygen atoms in total. The second-order valence-electron chi connectivity index (χ2n) is 5.94. The minimum absolute atomic E-state index is 0.182. The molecule has 1 aliphatic heterocycles. The number of carbonyl (C=O) groups excluding carboxylic acids is 1. The first kappa shape index (κ1) is 16.1. The molecule has 0 saturated carbocycles. The number of carbonyl (C=O) groups is 2. The maximum absolute atomic E-state index is 12.6. The van der Waals surface area contributed by atoms with Gasteiger partial charge in [-0.2, -0.15) is 4.80 Å². The summed E-state index contributed by atoms with van der Waals surface area (Å²) in [5, 5.41) is 21.4. The van der Waals surface area contributed by atoms with Crippen LogP contribution in [0, 0.1) is 5.92 Å². The number of hydrogen-bond acceptors (Lipinski definition) is 5. The van der Waals surface area contributed by atoms with Crippen molar-refractivity contribution >= 4 is 11.9 Å². The SMILES string of the molecule is CC(C(=O)N1CCC[C@H](C(=O)O)C1)n1nnc(-c2ccccc2)n1. The molecular formula is C16H19N5O3. The molecule has 2 heterocycles. The van der Waals surface area contributed by atoms with Gasteiger partial charge in [0.2, 0.25) is 11.7 Å². The lowest BCUT2D eigenvalue weighted by Gasteiger charge is -2.32. The van der Waals surface area contributed by atoms with Gasteiger partial charge in [-0.15, -0.1) is 10.2 Å². The van der Waals surface area contributed by atoms with Crippen LogP contribution in [0.5, 0.6) is 0 Å². The first-order chi connectivity index (χ1) is 11.6. The van der Waals surface area contributed by atoms with Gasteiger partial charge in [-0.05, 0) is 25.0 Å². The van der Waals surface area contributed by atoms with E-state index in [0.29, 0.717) is 25.2 Å². The van der Waals surface area contributed by atoms with Crippen LogP contribution in [0.4, 0.5) is 0 Å². The lowest BCUT2D eigenvalue weighted by atomic mass is 9.98. The van der Waals surface area contributed by atoms with Gasteiger partial charge >= 0.3 is 5.97 Å². The Labute approximate surface area is 139 Å². The van der Waals surface area contributed by atoms with Gasteiger partial charge in [-0.25, -0.2) is 0 Å². The zero-order chi connectivity index (χ0) is 17.1. The Balaban J connectivity index is 1.72. The Morgan fingerprint density at radius 1 is 1.29 bits per heavy atom. The normalized spacial score (nSPS) is 19.0. The van der Waals surface area contributed by atoms with Gasteiger partial charge in [-0.1, -0.05) is 30.3 Å². The molecule has 3 rings (SSSR count). The average molecular weight is 329 g/mol. The van der Waals surface area contributed by atoms with E-state index >= 15 is 0 Å². The highest BCUT2D eigenvalue weighted by atomic mass is 16.4. The second kappa shape index (κ2) is 6.77. The Morgan fingerprint density at radius 3 is 2.75 bits per heavy atom. The largest absolute Gasteiger partial charge is 0.481 e. The lowest BCUT2D eigenvalue weighted by Crippen LogP contribution is -2.45. The number of hydrogen-bond donors (Lipinski definition) is 1. The standard InChI is InChI=1S/C16H19N5O3/c1-11(15(22)20-9-5-8-13(10-20)16(23)24)21-18-14(17-19-21)12-6-3-2-4-7-12/h2-4,6-7,11,13H,5,8-10H2,1H3,(H,23,24)/t11?,13-/m0/s1. The van der Waals surface area contributed by atoms with Gasteiger partial charge in [-0.3, -0.25) is 9.59 Å². The maximum Gasteiger partial charge on any atom is 0.308 e. The number of aliphatic carboxylic acids is 1. The summed E-state index contributed by atoms with van der Waals surface area (Å²) in [4.78, 5) is 26.6. The fourth-order valence-electron chi connectivity index (χ4n) is 2.83. The first-order valence-electron chi connectivity index (χ1n) is 7.93. The van der Waals surface area contributed by atoms with E-state index in [9.17, 15) is 9.59 Å². The predicted molar refractivity (Wildman–Crippen MR) is 84.9 cm³/mol. The third kappa shape index (κ3) is 3.27. The highest BCUT2D eigenvalue weighted by Crippen LogP contribution is 2.20. The Hall–Kier alpha value is -2.77. The molecule has 0 aliphatic carbocycles. The molecule has 1 saturated heterocycles. The van der Waals surface area contributed by atoms with Crippen molar-refractivity contribution < 1.29 is 14.7 Å². The van der Waals surface area contributed by atoms with E-state index in [0.717, 1.165) is 5.56 Å². The van der Waals surface area contributed by atoms with Gasteiger partial charge in [0.25, 0.3) is 0 Å². The zero-order valence-electron chi connectivity index (χ0n) is 13.4. The number of likely N-dealkylation sites (tertiary alicyclic amines) is 1. The van der Waals surface area contributed by atoms with Gasteiger partial charge in [0.15, 0.2) is 0 Å². The molecule has 1 fully saturated rings. The fourth-order valence-corrected chi connectivity index (χ4v) is 2.83. The summed E-state index contributed by atoms with van der Waals surface area (Å²) in [5.41, 5.74) is 0.826. The van der Waals surface area contributed by atoms with E-state index in [1.54, 1.807) is 11.8 Å².